The third-order valence-corrected chi connectivity index (χ3v) is 2.34. The summed E-state index contributed by atoms with van der Waals surface area (Å²) < 4.78 is 0. The molecule has 0 saturated carbocycles. The molecule has 5 heteroatoms. The van der Waals surface area contributed by atoms with Crippen molar-refractivity contribution in [1.29, 1.82) is 0 Å². The Morgan fingerprint density at radius 2 is 2.06 bits per heavy atom. The maximum Gasteiger partial charge on any atom is 0.328 e. The van der Waals surface area contributed by atoms with Gasteiger partial charge in [-0.05, 0) is 17.2 Å². The zero-order valence-corrected chi connectivity index (χ0v) is 9.72. The molecule has 0 bridgehead atoms. The van der Waals surface area contributed by atoms with Crippen molar-refractivity contribution in [2.24, 2.45) is 0 Å². The van der Waals surface area contributed by atoms with Gasteiger partial charge in [-0.1, -0.05) is 35.9 Å². The van der Waals surface area contributed by atoms with Gasteiger partial charge < -0.3 is 10.4 Å². The van der Waals surface area contributed by atoms with E-state index < -0.39 is 11.5 Å². The van der Waals surface area contributed by atoms with Gasteiger partial charge in [0.25, 0.3) is 0 Å². The fourth-order valence-electron chi connectivity index (χ4n) is 1.27. The van der Waals surface area contributed by atoms with E-state index in [-0.39, 0.29) is 0 Å². The summed E-state index contributed by atoms with van der Waals surface area (Å²) in [6.45, 7) is 0. The molecule has 1 rings (SSSR count). The number of amides is 1. The highest BCUT2D eigenvalue weighted by Gasteiger charge is 2.03. The van der Waals surface area contributed by atoms with Gasteiger partial charge in [-0.2, -0.15) is 0 Å². The van der Waals surface area contributed by atoms with E-state index in [0.717, 1.165) is 17.2 Å². The molecule has 0 aliphatic heterocycles. The molecule has 1 unspecified atom stereocenters. The molecule has 1 aromatic rings. The van der Waals surface area contributed by atoms with Crippen molar-refractivity contribution in [2.75, 3.05) is 0 Å². The lowest BCUT2D eigenvalue weighted by molar-refractivity contribution is -0.131. The standard InChI is InChI=1S/C12H12ClNO3/c13-11(14-8-15)7-10-3-1-9(2-4-10)5-6-12(16)17/h1-6,8,11H,7H2,(H,14,15)(H,16,17)/b6-5+. The molecule has 0 saturated heterocycles. The van der Waals surface area contributed by atoms with Gasteiger partial charge in [0, 0.05) is 12.5 Å². The monoisotopic (exact) mass is 253 g/mol. The minimum Gasteiger partial charge on any atom is -0.478 e. The summed E-state index contributed by atoms with van der Waals surface area (Å²) in [5, 5.41) is 10.9. The summed E-state index contributed by atoms with van der Waals surface area (Å²) in [7, 11) is 0. The van der Waals surface area contributed by atoms with Crippen molar-refractivity contribution in [3.8, 4) is 0 Å². The first kappa shape index (κ1) is 13.3. The number of rotatable bonds is 6. The Morgan fingerprint density at radius 1 is 1.41 bits per heavy atom. The number of aliphatic carboxylic acids is 1. The van der Waals surface area contributed by atoms with E-state index >= 15 is 0 Å². The number of carboxylic acids is 1. The van der Waals surface area contributed by atoms with Gasteiger partial charge in [0.2, 0.25) is 6.41 Å². The van der Waals surface area contributed by atoms with Crippen LogP contribution in [0.1, 0.15) is 11.1 Å². The van der Waals surface area contributed by atoms with Crippen molar-refractivity contribution in [1.82, 2.24) is 5.32 Å². The number of carboxylic acid groups (broad SMARTS) is 1. The van der Waals surface area contributed by atoms with Crippen LogP contribution < -0.4 is 5.32 Å². The molecule has 90 valence electrons. The minimum absolute atomic E-state index is 0.437. The maximum atomic E-state index is 10.3. The molecule has 0 aliphatic rings. The maximum absolute atomic E-state index is 10.3. The second-order valence-electron chi connectivity index (χ2n) is 3.37. The summed E-state index contributed by atoms with van der Waals surface area (Å²) in [6.07, 6.45) is 3.66. The van der Waals surface area contributed by atoms with Crippen LogP contribution in [-0.2, 0) is 16.0 Å². The highest BCUT2D eigenvalue weighted by molar-refractivity contribution is 6.21. The minimum atomic E-state index is -0.981. The van der Waals surface area contributed by atoms with E-state index in [0.29, 0.717) is 12.8 Å². The summed E-state index contributed by atoms with van der Waals surface area (Å²) in [5.74, 6) is -0.981. The fourth-order valence-corrected chi connectivity index (χ4v) is 1.50. The molecule has 2 N–H and O–H groups in total. The molecule has 0 aliphatic carbocycles. The number of hydrogen-bond donors (Lipinski definition) is 2. The Kier molecular flexibility index (Phi) is 5.23. The molecule has 0 fully saturated rings. The van der Waals surface area contributed by atoms with E-state index in [9.17, 15) is 9.59 Å². The molecule has 0 spiro atoms. The first-order valence-corrected chi connectivity index (χ1v) is 5.39. The molecular weight excluding hydrogens is 242 g/mol. The first-order chi connectivity index (χ1) is 8.11. The first-order valence-electron chi connectivity index (χ1n) is 4.95. The van der Waals surface area contributed by atoms with Gasteiger partial charge in [-0.15, -0.1) is 0 Å². The van der Waals surface area contributed by atoms with Gasteiger partial charge in [0.05, 0.1) is 0 Å². The average Bonchev–Trinajstić information content (AvgIpc) is 2.28. The number of alkyl halides is 1. The van der Waals surface area contributed by atoms with E-state index in [1.165, 1.54) is 6.08 Å². The number of benzene rings is 1. The number of nitrogens with one attached hydrogen (secondary N) is 1. The van der Waals surface area contributed by atoms with Crippen LogP contribution in [0.5, 0.6) is 0 Å². The molecular formula is C12H12ClNO3. The lowest BCUT2D eigenvalue weighted by Gasteiger charge is -2.07. The number of carbonyl (C=O) groups excluding carboxylic acids is 1. The molecule has 1 atom stereocenters. The Balaban J connectivity index is 2.61. The fraction of sp³-hybridized carbons (Fsp3) is 0.167. The van der Waals surface area contributed by atoms with Crippen LogP contribution in [0.2, 0.25) is 0 Å². The molecule has 0 radical (unpaired) electrons. The highest BCUT2D eigenvalue weighted by Crippen LogP contribution is 2.09. The largest absolute Gasteiger partial charge is 0.478 e. The lowest BCUT2D eigenvalue weighted by atomic mass is 10.1. The summed E-state index contributed by atoms with van der Waals surface area (Å²) in [5.41, 5.74) is 1.32. The van der Waals surface area contributed by atoms with E-state index in [1.807, 2.05) is 12.1 Å². The van der Waals surface area contributed by atoms with Gasteiger partial charge >= 0.3 is 5.97 Å². The zero-order valence-electron chi connectivity index (χ0n) is 8.97. The molecule has 4 nitrogen and oxygen atoms in total. The van der Waals surface area contributed by atoms with Crippen LogP contribution in [0.15, 0.2) is 30.3 Å². The van der Waals surface area contributed by atoms with Crippen LogP contribution in [0.3, 0.4) is 0 Å². The Morgan fingerprint density at radius 3 is 2.59 bits per heavy atom. The normalized spacial score (nSPS) is 12.3. The summed E-state index contributed by atoms with van der Waals surface area (Å²) >= 11 is 5.82. The SMILES string of the molecule is O=CNC(Cl)Cc1ccc(/C=C/C(=O)O)cc1. The lowest BCUT2D eigenvalue weighted by Crippen LogP contribution is -2.23. The van der Waals surface area contributed by atoms with E-state index in [2.05, 4.69) is 5.32 Å². The summed E-state index contributed by atoms with van der Waals surface area (Å²) in [4.78, 5) is 20.5. The smallest absolute Gasteiger partial charge is 0.328 e. The average molecular weight is 254 g/mol. The Labute approximate surface area is 104 Å². The van der Waals surface area contributed by atoms with Crippen LogP contribution in [-0.4, -0.2) is 23.0 Å². The quantitative estimate of drug-likeness (QED) is 0.351. The van der Waals surface area contributed by atoms with Gasteiger partial charge in [-0.25, -0.2) is 4.79 Å². The van der Waals surface area contributed by atoms with Gasteiger partial charge in [-0.3, -0.25) is 4.79 Å². The third-order valence-electron chi connectivity index (χ3n) is 2.06. The molecule has 17 heavy (non-hydrogen) atoms. The van der Waals surface area contributed by atoms with Gasteiger partial charge in [0.1, 0.15) is 5.50 Å². The third kappa shape index (κ3) is 5.17. The molecule has 1 amide bonds. The van der Waals surface area contributed by atoms with Crippen LogP contribution in [0.25, 0.3) is 6.08 Å². The highest BCUT2D eigenvalue weighted by atomic mass is 35.5. The number of hydrogen-bond acceptors (Lipinski definition) is 2. The van der Waals surface area contributed by atoms with Crippen LogP contribution in [0.4, 0.5) is 0 Å². The topological polar surface area (TPSA) is 66.4 Å². The van der Waals surface area contributed by atoms with Crippen LogP contribution in [0, 0.1) is 0 Å². The molecule has 1 aromatic carbocycles. The molecule has 0 heterocycles. The van der Waals surface area contributed by atoms with E-state index in [1.54, 1.807) is 12.1 Å². The Hall–Kier alpha value is -1.81. The van der Waals surface area contributed by atoms with Crippen molar-refractivity contribution in [3.63, 3.8) is 0 Å². The number of halogens is 1. The zero-order chi connectivity index (χ0) is 12.7. The summed E-state index contributed by atoms with van der Waals surface area (Å²) in [6, 6.07) is 7.26. The van der Waals surface area contributed by atoms with Crippen molar-refractivity contribution in [2.45, 2.75) is 11.9 Å². The second kappa shape index (κ2) is 6.70. The van der Waals surface area contributed by atoms with Crippen LogP contribution >= 0.6 is 11.6 Å². The van der Waals surface area contributed by atoms with Crippen molar-refractivity contribution in [3.05, 3.63) is 41.5 Å². The molecule has 0 aromatic heterocycles. The Bertz CT molecular complexity index is 414. The van der Waals surface area contributed by atoms with E-state index in [4.69, 9.17) is 16.7 Å². The number of carbonyl (C=O) groups is 2. The van der Waals surface area contributed by atoms with Crippen molar-refractivity contribution < 1.29 is 14.7 Å². The predicted octanol–water partition coefficient (Wildman–Crippen LogP) is 1.64. The predicted molar refractivity (Wildman–Crippen MR) is 65.7 cm³/mol. The van der Waals surface area contributed by atoms with Crippen molar-refractivity contribution >= 4 is 30.1 Å². The second-order valence-corrected chi connectivity index (χ2v) is 3.90. The van der Waals surface area contributed by atoms with Gasteiger partial charge in [0.15, 0.2) is 0 Å².